The molecule has 9 heteroatoms. The number of rotatable bonds is 5. The van der Waals surface area contributed by atoms with Crippen molar-refractivity contribution in [3.63, 3.8) is 0 Å². The second-order valence-electron chi connectivity index (χ2n) is 5.03. The quantitative estimate of drug-likeness (QED) is 0.444. The van der Waals surface area contributed by atoms with Gasteiger partial charge in [0.25, 0.3) is 5.91 Å². The number of hydrogen-bond acceptors (Lipinski definition) is 4. The van der Waals surface area contributed by atoms with Crippen LogP contribution in [-0.2, 0) is 16.6 Å². The molecule has 0 atom stereocenters. The van der Waals surface area contributed by atoms with Crippen LogP contribution in [0.2, 0.25) is 0 Å². The van der Waals surface area contributed by atoms with Gasteiger partial charge < -0.3 is 0 Å². The van der Waals surface area contributed by atoms with Gasteiger partial charge in [0.05, 0.1) is 18.5 Å². The second-order valence-corrected chi connectivity index (χ2v) is 7.85. The number of hydrazine groups is 1. The van der Waals surface area contributed by atoms with E-state index in [2.05, 4.69) is 15.9 Å². The Morgan fingerprint density at radius 1 is 1.25 bits per heavy atom. The summed E-state index contributed by atoms with van der Waals surface area (Å²) < 4.78 is 40.2. The lowest BCUT2D eigenvalue weighted by molar-refractivity contribution is 0.0953. The van der Waals surface area contributed by atoms with Gasteiger partial charge in [0, 0.05) is 15.6 Å². The minimum atomic E-state index is -3.62. The summed E-state index contributed by atoms with van der Waals surface area (Å²) in [5, 5.41) is 0. The highest BCUT2D eigenvalue weighted by Gasteiger charge is 2.20. The lowest BCUT2D eigenvalue weighted by Gasteiger charge is -2.23. The van der Waals surface area contributed by atoms with Gasteiger partial charge >= 0.3 is 0 Å². The molecule has 128 valence electrons. The number of carbonyl (C=O) groups excluding carboxylic acids is 1. The third-order valence-electron chi connectivity index (χ3n) is 3.28. The zero-order valence-corrected chi connectivity index (χ0v) is 15.1. The largest absolute Gasteiger partial charge is 0.290 e. The monoisotopic (exact) mass is 415 g/mol. The predicted molar refractivity (Wildman–Crippen MR) is 93.2 cm³/mol. The van der Waals surface area contributed by atoms with E-state index in [1.807, 2.05) is 5.43 Å². The van der Waals surface area contributed by atoms with Crippen molar-refractivity contribution in [2.75, 3.05) is 10.6 Å². The Balaban J connectivity index is 2.37. The number of benzene rings is 2. The lowest BCUT2D eigenvalue weighted by Crippen LogP contribution is -2.31. The van der Waals surface area contributed by atoms with Gasteiger partial charge in [-0.2, -0.15) is 0 Å². The Morgan fingerprint density at radius 2 is 1.88 bits per heavy atom. The number of carbonyl (C=O) groups is 1. The van der Waals surface area contributed by atoms with Gasteiger partial charge in [-0.05, 0) is 36.4 Å². The molecule has 0 aliphatic rings. The fourth-order valence-corrected chi connectivity index (χ4v) is 3.20. The number of anilines is 1. The highest BCUT2D eigenvalue weighted by molar-refractivity contribution is 9.10. The summed E-state index contributed by atoms with van der Waals surface area (Å²) in [5.74, 6) is 3.68. The first-order valence-electron chi connectivity index (χ1n) is 6.75. The van der Waals surface area contributed by atoms with Crippen molar-refractivity contribution < 1.29 is 17.6 Å². The lowest BCUT2D eigenvalue weighted by atomic mass is 10.1. The van der Waals surface area contributed by atoms with Gasteiger partial charge in [0.2, 0.25) is 10.0 Å². The molecule has 0 aliphatic heterocycles. The fraction of sp³-hybridized carbons (Fsp3) is 0.133. The highest BCUT2D eigenvalue weighted by atomic mass is 79.9. The van der Waals surface area contributed by atoms with Gasteiger partial charge in [-0.3, -0.25) is 14.5 Å². The first-order valence-corrected chi connectivity index (χ1v) is 9.39. The van der Waals surface area contributed by atoms with Crippen molar-refractivity contribution >= 4 is 37.5 Å². The summed E-state index contributed by atoms with van der Waals surface area (Å²) in [4.78, 5) is 11.4. The topological polar surface area (TPSA) is 92.5 Å². The number of hydrogen-bond donors (Lipinski definition) is 2. The van der Waals surface area contributed by atoms with Crippen LogP contribution >= 0.6 is 15.9 Å². The van der Waals surface area contributed by atoms with Crippen molar-refractivity contribution in [3.05, 3.63) is 63.9 Å². The normalized spacial score (nSPS) is 11.2. The van der Waals surface area contributed by atoms with E-state index in [-0.39, 0.29) is 17.7 Å². The number of halogens is 2. The van der Waals surface area contributed by atoms with E-state index in [0.29, 0.717) is 5.69 Å². The number of nitrogens with zero attached hydrogens (tertiary/aromatic N) is 1. The van der Waals surface area contributed by atoms with E-state index in [9.17, 15) is 17.6 Å². The van der Waals surface area contributed by atoms with Gasteiger partial charge in [-0.1, -0.05) is 22.0 Å². The molecule has 3 N–H and O–H groups in total. The maximum Gasteiger partial charge on any atom is 0.265 e. The molecule has 0 heterocycles. The van der Waals surface area contributed by atoms with Crippen molar-refractivity contribution in [1.29, 1.82) is 0 Å². The van der Waals surface area contributed by atoms with Crippen LogP contribution in [0.1, 0.15) is 15.9 Å². The van der Waals surface area contributed by atoms with Crippen molar-refractivity contribution in [2.24, 2.45) is 5.84 Å². The smallest absolute Gasteiger partial charge is 0.265 e. The van der Waals surface area contributed by atoms with Gasteiger partial charge in [0.15, 0.2) is 0 Å². The van der Waals surface area contributed by atoms with Gasteiger partial charge in [-0.25, -0.2) is 18.7 Å². The van der Waals surface area contributed by atoms with E-state index in [1.165, 1.54) is 12.1 Å². The molecule has 6 nitrogen and oxygen atoms in total. The van der Waals surface area contributed by atoms with Crippen LogP contribution in [0, 0.1) is 5.82 Å². The maximum atomic E-state index is 14.2. The average molecular weight is 416 g/mol. The van der Waals surface area contributed by atoms with Crippen LogP contribution < -0.4 is 15.6 Å². The van der Waals surface area contributed by atoms with Crippen LogP contribution in [0.4, 0.5) is 10.1 Å². The number of amides is 1. The number of nitrogens with two attached hydrogens (primary N) is 1. The first kappa shape index (κ1) is 18.4. The van der Waals surface area contributed by atoms with E-state index < -0.39 is 21.7 Å². The van der Waals surface area contributed by atoms with E-state index >= 15 is 0 Å². The molecular weight excluding hydrogens is 401 g/mol. The predicted octanol–water partition coefficient (Wildman–Crippen LogP) is 2.16. The Kier molecular flexibility index (Phi) is 5.58. The Morgan fingerprint density at radius 3 is 2.38 bits per heavy atom. The molecule has 0 saturated heterocycles. The van der Waals surface area contributed by atoms with E-state index in [0.717, 1.165) is 21.1 Å². The Hall–Kier alpha value is -1.97. The number of nitrogen functional groups attached to an aromatic ring is 1. The molecule has 2 aromatic rings. The zero-order valence-electron chi connectivity index (χ0n) is 12.7. The van der Waals surface area contributed by atoms with E-state index in [4.69, 9.17) is 5.84 Å². The number of sulfonamides is 1. The summed E-state index contributed by atoms with van der Waals surface area (Å²) in [5.41, 5.74) is 2.50. The van der Waals surface area contributed by atoms with Crippen molar-refractivity contribution in [3.8, 4) is 0 Å². The molecule has 2 aromatic carbocycles. The summed E-state index contributed by atoms with van der Waals surface area (Å²) in [7, 11) is -3.62. The van der Waals surface area contributed by atoms with Crippen LogP contribution in [-0.4, -0.2) is 20.6 Å². The fourth-order valence-electron chi connectivity index (χ4n) is 2.06. The standard InChI is InChI=1S/C15H15BrFN3O3S/c1-24(22,23)20(13-6-4-12(16)5-7-13)9-11-3-2-10(8-14(11)17)15(21)19-18/h2-8H,9,18H2,1H3,(H,19,21). The molecule has 0 radical (unpaired) electrons. The average Bonchev–Trinajstić information content (AvgIpc) is 2.53. The molecule has 0 fully saturated rings. The summed E-state index contributed by atoms with van der Waals surface area (Å²) in [6.07, 6.45) is 1.04. The SMILES string of the molecule is CS(=O)(=O)N(Cc1ccc(C(=O)NN)cc1F)c1ccc(Br)cc1. The summed E-state index contributed by atoms with van der Waals surface area (Å²) >= 11 is 3.28. The number of nitrogens with one attached hydrogen (secondary N) is 1. The molecular formula is C15H15BrFN3O3S. The van der Waals surface area contributed by atoms with Crippen LogP contribution in [0.5, 0.6) is 0 Å². The Labute approximate surface area is 147 Å². The minimum Gasteiger partial charge on any atom is -0.290 e. The van der Waals surface area contributed by atoms with Crippen LogP contribution in [0.15, 0.2) is 46.9 Å². The molecule has 0 saturated carbocycles. The van der Waals surface area contributed by atoms with Crippen molar-refractivity contribution in [1.82, 2.24) is 5.43 Å². The third-order valence-corrected chi connectivity index (χ3v) is 4.94. The second kappa shape index (κ2) is 7.29. The molecule has 0 bridgehead atoms. The van der Waals surface area contributed by atoms with Crippen LogP contribution in [0.3, 0.4) is 0 Å². The minimum absolute atomic E-state index is 0.0493. The molecule has 1 amide bonds. The molecule has 0 aromatic heterocycles. The third kappa shape index (κ3) is 4.31. The molecule has 2 rings (SSSR count). The summed E-state index contributed by atoms with van der Waals surface area (Å²) in [6.45, 7) is -0.198. The van der Waals surface area contributed by atoms with Crippen LogP contribution in [0.25, 0.3) is 0 Å². The highest BCUT2D eigenvalue weighted by Crippen LogP contribution is 2.24. The Bertz CT molecular complexity index is 857. The van der Waals surface area contributed by atoms with E-state index in [1.54, 1.807) is 24.3 Å². The maximum absolute atomic E-state index is 14.2. The van der Waals surface area contributed by atoms with Crippen molar-refractivity contribution in [2.45, 2.75) is 6.54 Å². The van der Waals surface area contributed by atoms with Gasteiger partial charge in [-0.15, -0.1) is 0 Å². The summed E-state index contributed by atoms with van der Waals surface area (Å²) in [6, 6.07) is 10.4. The molecule has 0 spiro atoms. The zero-order chi connectivity index (χ0) is 17.9. The molecule has 0 unspecified atom stereocenters. The van der Waals surface area contributed by atoms with Gasteiger partial charge in [0.1, 0.15) is 5.82 Å². The first-order chi connectivity index (χ1) is 11.2. The molecule has 24 heavy (non-hydrogen) atoms. The molecule has 0 aliphatic carbocycles.